The zero-order valence-corrected chi connectivity index (χ0v) is 65.6. The molecule has 1 aliphatic carbocycles. The van der Waals surface area contributed by atoms with Crippen molar-refractivity contribution in [2.45, 2.75) is 19.3 Å². The minimum Gasteiger partial charge on any atom is -0.456 e. The molecule has 0 unspecified atom stereocenters. The standard InChI is InChI=1S/C39H27NO.C36H21NO2.C36H21NOS/c1-39(2)33-12-6-3-9-27(33)32-23-25(17-22-34(32)39)24-15-18-26(19-16-24)40-35-13-7-4-10-28(35)30-20-21-31-29-11-5-8-14-36(29)41-38(31)37(30)40;1-4-10-31-25(7-1)28-18-19-29-26-8-2-6-12-33(26)39-36(29)35(28)37(31)24-16-13-22(14-17-24)23-15-20-34-30(21-23)27-9-3-5-11-32(27)38-34;1-4-10-31-25(7-1)28-18-19-29-26-8-2-5-11-32(26)38-36(29)35(28)37(31)24-16-13-22(14-17-24)23-15-20-34-30(21-23)27-9-3-6-12-33(27)39-34/h3-23H,1-2H3;2*1-21H. The smallest absolute Gasteiger partial charge is 0.160 e. The van der Waals surface area contributed by atoms with Crippen LogP contribution in [0.15, 0.2) is 400 Å². The molecule has 0 atom stereocenters. The minimum absolute atomic E-state index is 0.0207. The summed E-state index contributed by atoms with van der Waals surface area (Å²) >= 11 is 1.86. The predicted octanol–water partition coefficient (Wildman–Crippen LogP) is 31.6. The summed E-state index contributed by atoms with van der Waals surface area (Å²) in [6, 6.07) is 137. The molecule has 26 aromatic rings. The number of fused-ring (bicyclic) bond motifs is 30. The zero-order valence-electron chi connectivity index (χ0n) is 64.8. The summed E-state index contributed by atoms with van der Waals surface area (Å²) in [5.74, 6) is 0. The molecule has 7 nitrogen and oxygen atoms in total. The van der Waals surface area contributed by atoms with Crippen molar-refractivity contribution in [3.05, 3.63) is 393 Å². The number of rotatable bonds is 6. The number of furan rings is 4. The van der Waals surface area contributed by atoms with E-state index >= 15 is 0 Å². The van der Waals surface area contributed by atoms with Crippen LogP contribution in [0.3, 0.4) is 0 Å². The lowest BCUT2D eigenvalue weighted by Gasteiger charge is -2.21. The van der Waals surface area contributed by atoms with Crippen LogP contribution in [0, 0.1) is 0 Å². The Morgan fingerprint density at radius 2 is 0.529 bits per heavy atom. The average Bonchev–Trinajstić information content (AvgIpc) is 1.58. The maximum atomic E-state index is 6.52. The molecule has 0 saturated carbocycles. The van der Waals surface area contributed by atoms with Gasteiger partial charge in [0.15, 0.2) is 16.7 Å². The van der Waals surface area contributed by atoms with E-state index in [4.69, 9.17) is 17.7 Å². The number of hydrogen-bond acceptors (Lipinski definition) is 5. The second-order valence-electron chi connectivity index (χ2n) is 32.1. The summed E-state index contributed by atoms with van der Waals surface area (Å²) in [6.07, 6.45) is 0. The van der Waals surface area contributed by atoms with E-state index < -0.39 is 0 Å². The second-order valence-corrected chi connectivity index (χ2v) is 33.1. The van der Waals surface area contributed by atoms with Gasteiger partial charge in [-0.1, -0.05) is 263 Å². The number of thiophene rings is 1. The first kappa shape index (κ1) is 67.1. The molecule has 8 heterocycles. The van der Waals surface area contributed by atoms with Crippen LogP contribution in [-0.4, -0.2) is 13.7 Å². The summed E-state index contributed by atoms with van der Waals surface area (Å²) in [7, 11) is 0. The number of aromatic nitrogens is 3. The van der Waals surface area contributed by atoms with Crippen molar-refractivity contribution in [2.24, 2.45) is 0 Å². The van der Waals surface area contributed by atoms with Crippen molar-refractivity contribution in [3.63, 3.8) is 0 Å². The van der Waals surface area contributed by atoms with Gasteiger partial charge in [0.05, 0.1) is 33.1 Å². The van der Waals surface area contributed by atoms with Crippen LogP contribution in [0.5, 0.6) is 0 Å². The molecule has 0 amide bonds. The van der Waals surface area contributed by atoms with Gasteiger partial charge in [-0.25, -0.2) is 0 Å². The van der Waals surface area contributed by atoms with Crippen LogP contribution < -0.4 is 0 Å². The molecule has 0 radical (unpaired) electrons. The van der Waals surface area contributed by atoms with Gasteiger partial charge in [-0.3, -0.25) is 0 Å². The highest BCUT2D eigenvalue weighted by Crippen LogP contribution is 2.51. The van der Waals surface area contributed by atoms with E-state index in [0.29, 0.717) is 0 Å². The van der Waals surface area contributed by atoms with E-state index in [1.807, 2.05) is 47.7 Å². The lowest BCUT2D eigenvalue weighted by molar-refractivity contribution is 0.660. The maximum absolute atomic E-state index is 6.52. The summed E-state index contributed by atoms with van der Waals surface area (Å²) < 4.78 is 35.3. The SMILES string of the molecule is CC1(C)c2ccccc2-c2cc(-c3ccc(-n4c5ccccc5c5ccc6c7ccccc7oc6c54)cc3)ccc21.c1ccc2c(c1)oc1c2ccc2c3ccccc3n(-c3ccc(-c4ccc5sc6ccccc6c5c4)cc3)c21.c1ccc2c(c1)oc1ccc(-c3ccc(-n4c5ccccc5c5ccc6c7ccccc7oc6c54)cc3)cc12. The maximum Gasteiger partial charge on any atom is 0.160 e. The van der Waals surface area contributed by atoms with Crippen LogP contribution in [0.25, 0.3) is 235 Å². The second kappa shape index (κ2) is 25.9. The van der Waals surface area contributed by atoms with Gasteiger partial charge < -0.3 is 31.4 Å². The third-order valence-corrected chi connectivity index (χ3v) is 26.4. The van der Waals surface area contributed by atoms with Crippen LogP contribution in [0.2, 0.25) is 0 Å². The van der Waals surface area contributed by atoms with E-state index in [0.717, 1.165) is 121 Å². The van der Waals surface area contributed by atoms with Gasteiger partial charge >= 0.3 is 0 Å². The van der Waals surface area contributed by atoms with Gasteiger partial charge in [0, 0.05) is 118 Å². The molecule has 0 fully saturated rings. The molecule has 27 rings (SSSR count). The molecule has 0 aliphatic heterocycles. The first-order valence-corrected chi connectivity index (χ1v) is 41.5. The van der Waals surface area contributed by atoms with E-state index in [9.17, 15) is 0 Å². The Hall–Kier alpha value is -15.2. The average molecular weight is 1540 g/mol. The zero-order chi connectivity index (χ0) is 78.3. The Bertz CT molecular complexity index is 8370. The fourth-order valence-electron chi connectivity index (χ4n) is 19.6. The van der Waals surface area contributed by atoms with Crippen molar-refractivity contribution in [1.82, 2.24) is 13.7 Å². The molecule has 18 aromatic carbocycles. The molecule has 1 aliphatic rings. The van der Waals surface area contributed by atoms with Gasteiger partial charge in [-0.05, 0) is 189 Å². The van der Waals surface area contributed by atoms with Crippen molar-refractivity contribution in [2.75, 3.05) is 0 Å². The highest BCUT2D eigenvalue weighted by Gasteiger charge is 2.35. The normalized spacial score (nSPS) is 12.7. The number of benzene rings is 18. The van der Waals surface area contributed by atoms with Crippen LogP contribution in [0.4, 0.5) is 0 Å². The Kier molecular flexibility index (Phi) is 14.6. The first-order chi connectivity index (χ1) is 58.8. The van der Waals surface area contributed by atoms with E-state index in [-0.39, 0.29) is 5.41 Å². The molecular weight excluding hydrogens is 1470 g/mol. The molecule has 0 saturated heterocycles. The van der Waals surface area contributed by atoms with Crippen LogP contribution >= 0.6 is 11.3 Å². The van der Waals surface area contributed by atoms with Crippen molar-refractivity contribution >= 4 is 185 Å². The molecule has 8 heteroatoms. The Balaban J connectivity index is 0.0000000992. The highest BCUT2D eigenvalue weighted by molar-refractivity contribution is 7.25. The van der Waals surface area contributed by atoms with E-state index in [1.165, 1.54) is 125 Å². The Labute approximate surface area is 685 Å². The third-order valence-electron chi connectivity index (χ3n) is 25.3. The van der Waals surface area contributed by atoms with E-state index in [2.05, 4.69) is 373 Å². The summed E-state index contributed by atoms with van der Waals surface area (Å²) in [4.78, 5) is 0. The van der Waals surface area contributed by atoms with Crippen molar-refractivity contribution in [1.29, 1.82) is 0 Å². The van der Waals surface area contributed by atoms with Gasteiger partial charge in [0.1, 0.15) is 27.9 Å². The highest BCUT2D eigenvalue weighted by atomic mass is 32.1. The molecule has 0 N–H and O–H groups in total. The molecule has 119 heavy (non-hydrogen) atoms. The predicted molar refractivity (Wildman–Crippen MR) is 498 cm³/mol. The molecule has 0 spiro atoms. The van der Waals surface area contributed by atoms with Gasteiger partial charge in [0.25, 0.3) is 0 Å². The van der Waals surface area contributed by atoms with Crippen molar-refractivity contribution < 1.29 is 17.7 Å². The number of nitrogens with zero attached hydrogens (tertiary/aromatic N) is 3. The first-order valence-electron chi connectivity index (χ1n) is 40.7. The summed E-state index contributed by atoms with van der Waals surface area (Å²) in [5, 5.41) is 19.1. The van der Waals surface area contributed by atoms with Gasteiger partial charge in [-0.15, -0.1) is 11.3 Å². The quantitative estimate of drug-likeness (QED) is 0.166. The monoisotopic (exact) mass is 1540 g/mol. The van der Waals surface area contributed by atoms with E-state index in [1.54, 1.807) is 0 Å². The molecular formula is C111H69N3O4S. The third kappa shape index (κ3) is 10.2. The number of para-hydroxylation sites is 7. The Morgan fingerprint density at radius 1 is 0.210 bits per heavy atom. The van der Waals surface area contributed by atoms with Gasteiger partial charge in [-0.2, -0.15) is 0 Å². The molecule has 558 valence electrons. The fourth-order valence-corrected chi connectivity index (χ4v) is 20.7. The lowest BCUT2D eigenvalue weighted by Crippen LogP contribution is -2.14. The van der Waals surface area contributed by atoms with Crippen LogP contribution in [0.1, 0.15) is 25.0 Å². The fraction of sp³-hybridized carbons (Fsp3) is 0.0270. The largest absolute Gasteiger partial charge is 0.456 e. The topological polar surface area (TPSA) is 67.3 Å². The molecule has 8 aromatic heterocycles. The van der Waals surface area contributed by atoms with Crippen molar-refractivity contribution in [3.8, 4) is 61.6 Å². The minimum atomic E-state index is 0.0207. The van der Waals surface area contributed by atoms with Crippen LogP contribution in [-0.2, 0) is 5.41 Å². The summed E-state index contributed by atoms with van der Waals surface area (Å²) in [5.41, 5.74) is 30.4. The van der Waals surface area contributed by atoms with Gasteiger partial charge in [0.2, 0.25) is 0 Å². The number of hydrogen-bond donors (Lipinski definition) is 0. The Morgan fingerprint density at radius 3 is 1.00 bits per heavy atom. The summed E-state index contributed by atoms with van der Waals surface area (Å²) in [6.45, 7) is 4.66. The molecule has 0 bridgehead atoms. The lowest BCUT2D eigenvalue weighted by atomic mass is 9.82.